The lowest BCUT2D eigenvalue weighted by molar-refractivity contribution is -0.133. The van der Waals surface area contributed by atoms with Crippen molar-refractivity contribution in [3.8, 4) is 11.5 Å². The molecule has 1 aromatic carbocycles. The quantitative estimate of drug-likeness (QED) is 0.596. The van der Waals surface area contributed by atoms with Crippen molar-refractivity contribution in [3.63, 3.8) is 0 Å². The van der Waals surface area contributed by atoms with Crippen molar-refractivity contribution in [2.75, 3.05) is 34.0 Å². The minimum atomic E-state index is -0.218. The third-order valence-corrected chi connectivity index (χ3v) is 3.62. The van der Waals surface area contributed by atoms with Crippen molar-refractivity contribution >= 4 is 0 Å². The van der Waals surface area contributed by atoms with Gasteiger partial charge in [-0.3, -0.25) is 0 Å². The van der Waals surface area contributed by atoms with E-state index in [0.717, 1.165) is 24.3 Å². The molecule has 0 saturated heterocycles. The van der Waals surface area contributed by atoms with Crippen LogP contribution in [0, 0.1) is 0 Å². The molecule has 0 spiro atoms. The number of ether oxygens (including phenoxy) is 4. The average molecular weight is 325 g/mol. The van der Waals surface area contributed by atoms with Crippen molar-refractivity contribution in [1.82, 2.24) is 5.32 Å². The molecule has 1 aromatic rings. The fourth-order valence-electron chi connectivity index (χ4n) is 2.52. The van der Waals surface area contributed by atoms with Gasteiger partial charge in [0.1, 0.15) is 0 Å². The zero-order chi connectivity index (χ0) is 17.1. The Morgan fingerprint density at radius 1 is 0.957 bits per heavy atom. The summed E-state index contributed by atoms with van der Waals surface area (Å²) in [6, 6.07) is 6.28. The van der Waals surface area contributed by atoms with Gasteiger partial charge in [-0.15, -0.1) is 0 Å². The third kappa shape index (κ3) is 6.37. The molecule has 0 heterocycles. The summed E-state index contributed by atoms with van der Waals surface area (Å²) < 4.78 is 21.9. The Hall–Kier alpha value is -1.30. The van der Waals surface area contributed by atoms with E-state index in [2.05, 4.69) is 18.3 Å². The Bertz CT molecular complexity index is 433. The van der Waals surface area contributed by atoms with Crippen LogP contribution in [0.25, 0.3) is 0 Å². The fourth-order valence-corrected chi connectivity index (χ4v) is 2.52. The number of nitrogens with one attached hydrogen (secondary N) is 1. The third-order valence-electron chi connectivity index (χ3n) is 3.62. The molecule has 1 rings (SSSR count). The van der Waals surface area contributed by atoms with Crippen LogP contribution in [0.15, 0.2) is 18.2 Å². The Labute approximate surface area is 140 Å². The lowest BCUT2D eigenvalue weighted by Gasteiger charge is -2.24. The summed E-state index contributed by atoms with van der Waals surface area (Å²) >= 11 is 0. The zero-order valence-electron chi connectivity index (χ0n) is 15.1. The summed E-state index contributed by atoms with van der Waals surface area (Å²) in [7, 11) is 3.30. The van der Waals surface area contributed by atoms with Gasteiger partial charge in [0.15, 0.2) is 17.8 Å². The molecule has 1 unspecified atom stereocenters. The highest BCUT2D eigenvalue weighted by Crippen LogP contribution is 2.31. The molecular formula is C18H31NO4. The van der Waals surface area contributed by atoms with E-state index in [4.69, 9.17) is 18.9 Å². The largest absolute Gasteiger partial charge is 0.493 e. The maximum absolute atomic E-state index is 5.60. The molecule has 0 aliphatic carbocycles. The van der Waals surface area contributed by atoms with Gasteiger partial charge in [0.2, 0.25) is 0 Å². The van der Waals surface area contributed by atoms with Crippen LogP contribution in [0.2, 0.25) is 0 Å². The first-order valence-electron chi connectivity index (χ1n) is 8.38. The molecule has 5 nitrogen and oxygen atoms in total. The first-order chi connectivity index (χ1) is 11.2. The number of hydrogen-bond donors (Lipinski definition) is 1. The predicted octanol–water partition coefficient (Wildman–Crippen LogP) is 3.53. The SMILES string of the molecule is CCCC(NCC(OCC)OCC)c1ccc(OC)c(OC)c1. The van der Waals surface area contributed by atoms with E-state index < -0.39 is 0 Å². The molecule has 0 amide bonds. The van der Waals surface area contributed by atoms with Gasteiger partial charge >= 0.3 is 0 Å². The van der Waals surface area contributed by atoms with Gasteiger partial charge in [0, 0.05) is 25.8 Å². The Morgan fingerprint density at radius 3 is 2.13 bits per heavy atom. The molecule has 5 heteroatoms. The molecule has 0 bridgehead atoms. The van der Waals surface area contributed by atoms with Crippen molar-refractivity contribution in [2.45, 2.75) is 45.9 Å². The van der Waals surface area contributed by atoms with Crippen LogP contribution in [-0.2, 0) is 9.47 Å². The summed E-state index contributed by atoms with van der Waals surface area (Å²) in [6.45, 7) is 8.06. The topological polar surface area (TPSA) is 49.0 Å². The molecule has 0 radical (unpaired) electrons. The summed E-state index contributed by atoms with van der Waals surface area (Å²) in [5, 5.41) is 3.55. The molecule has 0 saturated carbocycles. The molecule has 0 aliphatic rings. The minimum absolute atomic E-state index is 0.218. The van der Waals surface area contributed by atoms with Gasteiger partial charge in [0.05, 0.1) is 14.2 Å². The van der Waals surface area contributed by atoms with E-state index in [1.807, 2.05) is 26.0 Å². The first-order valence-corrected chi connectivity index (χ1v) is 8.38. The van der Waals surface area contributed by atoms with Crippen LogP contribution >= 0.6 is 0 Å². The molecule has 1 N–H and O–H groups in total. The molecule has 0 aromatic heterocycles. The fraction of sp³-hybridized carbons (Fsp3) is 0.667. The highest BCUT2D eigenvalue weighted by Gasteiger charge is 2.16. The Balaban J connectivity index is 2.80. The number of rotatable bonds is 12. The van der Waals surface area contributed by atoms with Crippen LogP contribution in [0.5, 0.6) is 11.5 Å². The molecule has 132 valence electrons. The minimum Gasteiger partial charge on any atom is -0.493 e. The van der Waals surface area contributed by atoms with Gasteiger partial charge in [-0.1, -0.05) is 19.4 Å². The summed E-state index contributed by atoms with van der Waals surface area (Å²) in [5.74, 6) is 1.49. The van der Waals surface area contributed by atoms with Crippen LogP contribution in [0.3, 0.4) is 0 Å². The molecule has 23 heavy (non-hydrogen) atoms. The highest BCUT2D eigenvalue weighted by atomic mass is 16.7. The van der Waals surface area contributed by atoms with Gasteiger partial charge in [-0.25, -0.2) is 0 Å². The number of benzene rings is 1. The monoisotopic (exact) mass is 325 g/mol. The van der Waals surface area contributed by atoms with Crippen molar-refractivity contribution in [3.05, 3.63) is 23.8 Å². The van der Waals surface area contributed by atoms with E-state index in [-0.39, 0.29) is 12.3 Å². The lowest BCUT2D eigenvalue weighted by atomic mass is 10.0. The van der Waals surface area contributed by atoms with Gasteiger partial charge in [-0.05, 0) is 38.0 Å². The lowest BCUT2D eigenvalue weighted by Crippen LogP contribution is -2.34. The molecule has 0 fully saturated rings. The van der Waals surface area contributed by atoms with Crippen molar-refractivity contribution < 1.29 is 18.9 Å². The average Bonchev–Trinajstić information content (AvgIpc) is 2.58. The summed E-state index contributed by atoms with van der Waals surface area (Å²) in [5.41, 5.74) is 1.18. The molecule has 1 atom stereocenters. The van der Waals surface area contributed by atoms with Crippen LogP contribution < -0.4 is 14.8 Å². The smallest absolute Gasteiger partial charge is 0.169 e. The number of methoxy groups -OCH3 is 2. The van der Waals surface area contributed by atoms with Crippen LogP contribution in [-0.4, -0.2) is 40.3 Å². The normalized spacial score (nSPS) is 12.4. The van der Waals surface area contributed by atoms with Gasteiger partial charge in [0.25, 0.3) is 0 Å². The maximum Gasteiger partial charge on any atom is 0.169 e. The molecule has 0 aliphatic heterocycles. The van der Waals surface area contributed by atoms with Crippen molar-refractivity contribution in [2.24, 2.45) is 0 Å². The van der Waals surface area contributed by atoms with Gasteiger partial charge in [-0.2, -0.15) is 0 Å². The van der Waals surface area contributed by atoms with Crippen molar-refractivity contribution in [1.29, 1.82) is 0 Å². The second-order valence-corrected chi connectivity index (χ2v) is 5.20. The Morgan fingerprint density at radius 2 is 1.61 bits per heavy atom. The highest BCUT2D eigenvalue weighted by molar-refractivity contribution is 5.43. The van der Waals surface area contributed by atoms with E-state index in [0.29, 0.717) is 19.8 Å². The van der Waals surface area contributed by atoms with Crippen LogP contribution in [0.4, 0.5) is 0 Å². The molecular weight excluding hydrogens is 294 g/mol. The van der Waals surface area contributed by atoms with E-state index >= 15 is 0 Å². The van der Waals surface area contributed by atoms with E-state index in [1.54, 1.807) is 14.2 Å². The zero-order valence-corrected chi connectivity index (χ0v) is 15.1. The standard InChI is InChI=1S/C18H31NO4/c1-6-9-15(19-13-18(22-7-2)23-8-3)14-10-11-16(20-4)17(12-14)21-5/h10-12,15,18-19H,6-9,13H2,1-5H3. The second kappa shape index (κ2) is 11.3. The summed E-state index contributed by atoms with van der Waals surface area (Å²) in [6.07, 6.45) is 1.89. The maximum atomic E-state index is 5.60. The number of hydrogen-bond acceptors (Lipinski definition) is 5. The van der Waals surface area contributed by atoms with E-state index in [9.17, 15) is 0 Å². The second-order valence-electron chi connectivity index (χ2n) is 5.20. The Kier molecular flexibility index (Phi) is 9.67. The first kappa shape index (κ1) is 19.7. The van der Waals surface area contributed by atoms with Gasteiger partial charge < -0.3 is 24.3 Å². The van der Waals surface area contributed by atoms with Crippen LogP contribution in [0.1, 0.15) is 45.2 Å². The summed E-state index contributed by atoms with van der Waals surface area (Å²) in [4.78, 5) is 0. The van der Waals surface area contributed by atoms with E-state index in [1.165, 1.54) is 5.56 Å². The predicted molar refractivity (Wildman–Crippen MR) is 92.2 cm³/mol.